The first-order valence-corrected chi connectivity index (χ1v) is 8.45. The van der Waals surface area contributed by atoms with Gasteiger partial charge in [-0.25, -0.2) is 4.39 Å². The lowest BCUT2D eigenvalue weighted by Crippen LogP contribution is -2.41. The van der Waals surface area contributed by atoms with Crippen LogP contribution in [-0.2, 0) is 0 Å². The summed E-state index contributed by atoms with van der Waals surface area (Å²) in [6.45, 7) is 6.06. The second-order valence-corrected chi connectivity index (χ2v) is 6.64. The van der Waals surface area contributed by atoms with E-state index in [-0.39, 0.29) is 11.9 Å². The van der Waals surface area contributed by atoms with Crippen molar-refractivity contribution in [2.45, 2.75) is 31.8 Å². The Hall–Kier alpha value is -0.490. The van der Waals surface area contributed by atoms with Gasteiger partial charge in [0.2, 0.25) is 0 Å². The summed E-state index contributed by atoms with van der Waals surface area (Å²) in [7, 11) is 2.11. The van der Waals surface area contributed by atoms with Crippen LogP contribution in [0.3, 0.4) is 0 Å². The lowest BCUT2D eigenvalue weighted by Gasteiger charge is -2.33. The summed E-state index contributed by atoms with van der Waals surface area (Å²) in [5, 5.41) is 0. The summed E-state index contributed by atoms with van der Waals surface area (Å²) in [5.74, 6) is -0.231. The molecule has 2 N–H and O–H groups in total. The molecule has 0 aromatic heterocycles. The van der Waals surface area contributed by atoms with Gasteiger partial charge >= 0.3 is 0 Å². The van der Waals surface area contributed by atoms with Gasteiger partial charge in [0.1, 0.15) is 5.82 Å². The zero-order chi connectivity index (χ0) is 15.4. The predicted octanol–water partition coefficient (Wildman–Crippen LogP) is 3.00. The summed E-state index contributed by atoms with van der Waals surface area (Å²) in [6.07, 6.45) is 2.53. The average Bonchev–Trinajstić information content (AvgIpc) is 2.90. The smallest absolute Gasteiger partial charge is 0.137 e. The third kappa shape index (κ3) is 4.03. The van der Waals surface area contributed by atoms with E-state index < -0.39 is 0 Å². The van der Waals surface area contributed by atoms with Crippen molar-refractivity contribution < 1.29 is 4.39 Å². The number of likely N-dealkylation sites (tertiary alicyclic amines) is 1. The lowest BCUT2D eigenvalue weighted by atomic mass is 10.0. The van der Waals surface area contributed by atoms with Crippen LogP contribution in [0.4, 0.5) is 4.39 Å². The van der Waals surface area contributed by atoms with E-state index in [4.69, 9.17) is 5.73 Å². The van der Waals surface area contributed by atoms with E-state index in [9.17, 15) is 4.39 Å². The van der Waals surface area contributed by atoms with E-state index in [2.05, 4.69) is 39.7 Å². The molecule has 2 atom stereocenters. The Morgan fingerprint density at radius 2 is 2.29 bits per heavy atom. The van der Waals surface area contributed by atoms with Crippen LogP contribution in [0.5, 0.6) is 0 Å². The van der Waals surface area contributed by atoms with Crippen LogP contribution in [0.1, 0.15) is 31.4 Å². The summed E-state index contributed by atoms with van der Waals surface area (Å²) >= 11 is 3.26. The quantitative estimate of drug-likeness (QED) is 0.849. The Kier molecular flexibility index (Phi) is 6.17. The SMILES string of the molecule is CCN1CCCC1CN(C)C(CN)c1ccc(F)c(Br)c1. The lowest BCUT2D eigenvalue weighted by molar-refractivity contribution is 0.166. The number of hydrogen-bond acceptors (Lipinski definition) is 3. The number of likely N-dealkylation sites (N-methyl/N-ethyl adjacent to an activating group) is 2. The topological polar surface area (TPSA) is 32.5 Å². The number of nitrogens with two attached hydrogens (primary N) is 1. The molecule has 1 heterocycles. The number of nitrogens with zero attached hydrogens (tertiary/aromatic N) is 2. The molecular weight excluding hydrogens is 333 g/mol. The van der Waals surface area contributed by atoms with Crippen molar-refractivity contribution in [2.75, 3.05) is 33.2 Å². The summed E-state index contributed by atoms with van der Waals surface area (Å²) in [4.78, 5) is 4.84. The van der Waals surface area contributed by atoms with Gasteiger partial charge in [0.25, 0.3) is 0 Å². The molecule has 0 spiro atoms. The zero-order valence-corrected chi connectivity index (χ0v) is 14.4. The fourth-order valence-electron chi connectivity index (χ4n) is 3.27. The molecule has 2 rings (SSSR count). The maximum atomic E-state index is 13.4. The van der Waals surface area contributed by atoms with E-state index in [1.165, 1.54) is 25.5 Å². The van der Waals surface area contributed by atoms with Crippen molar-refractivity contribution in [3.05, 3.63) is 34.1 Å². The summed E-state index contributed by atoms with van der Waals surface area (Å²) < 4.78 is 13.9. The van der Waals surface area contributed by atoms with Gasteiger partial charge in [-0.2, -0.15) is 0 Å². The molecule has 2 unspecified atom stereocenters. The highest BCUT2D eigenvalue weighted by molar-refractivity contribution is 9.10. The van der Waals surface area contributed by atoms with Crippen LogP contribution in [0.25, 0.3) is 0 Å². The van der Waals surface area contributed by atoms with Gasteiger partial charge in [-0.1, -0.05) is 13.0 Å². The first-order chi connectivity index (χ1) is 10.1. The van der Waals surface area contributed by atoms with Crippen LogP contribution in [0.15, 0.2) is 22.7 Å². The molecular formula is C16H25BrFN3. The van der Waals surface area contributed by atoms with E-state index in [1.807, 2.05) is 12.1 Å². The second kappa shape index (κ2) is 7.68. The maximum absolute atomic E-state index is 13.4. The van der Waals surface area contributed by atoms with Crippen LogP contribution in [0.2, 0.25) is 0 Å². The van der Waals surface area contributed by atoms with Gasteiger partial charge in [-0.15, -0.1) is 0 Å². The molecule has 3 nitrogen and oxygen atoms in total. The second-order valence-electron chi connectivity index (χ2n) is 5.79. The van der Waals surface area contributed by atoms with Gasteiger partial charge in [-0.3, -0.25) is 9.80 Å². The Morgan fingerprint density at radius 3 is 2.90 bits per heavy atom. The number of halogens is 2. The van der Waals surface area contributed by atoms with Crippen molar-refractivity contribution in [1.82, 2.24) is 9.80 Å². The minimum absolute atomic E-state index is 0.126. The first kappa shape index (κ1) is 16.9. The molecule has 0 saturated carbocycles. The normalized spacial score (nSPS) is 21.1. The monoisotopic (exact) mass is 357 g/mol. The first-order valence-electron chi connectivity index (χ1n) is 7.66. The molecule has 5 heteroatoms. The minimum Gasteiger partial charge on any atom is -0.329 e. The average molecular weight is 358 g/mol. The Bertz CT molecular complexity index is 469. The fourth-order valence-corrected chi connectivity index (χ4v) is 3.66. The highest BCUT2D eigenvalue weighted by Crippen LogP contribution is 2.26. The molecule has 0 radical (unpaired) electrons. The van der Waals surface area contributed by atoms with Crippen molar-refractivity contribution in [3.8, 4) is 0 Å². The number of hydrogen-bond donors (Lipinski definition) is 1. The van der Waals surface area contributed by atoms with Crippen molar-refractivity contribution in [2.24, 2.45) is 5.73 Å². The summed E-state index contributed by atoms with van der Waals surface area (Å²) in [5.41, 5.74) is 7.04. The van der Waals surface area contributed by atoms with Gasteiger partial charge in [0, 0.05) is 25.2 Å². The van der Waals surface area contributed by atoms with Crippen LogP contribution in [0, 0.1) is 5.82 Å². The van der Waals surface area contributed by atoms with E-state index in [0.29, 0.717) is 17.1 Å². The molecule has 1 fully saturated rings. The van der Waals surface area contributed by atoms with Gasteiger partial charge < -0.3 is 5.73 Å². The van der Waals surface area contributed by atoms with Crippen LogP contribution < -0.4 is 5.73 Å². The van der Waals surface area contributed by atoms with Crippen molar-refractivity contribution >= 4 is 15.9 Å². The minimum atomic E-state index is -0.231. The molecule has 1 saturated heterocycles. The maximum Gasteiger partial charge on any atom is 0.137 e. The highest BCUT2D eigenvalue weighted by atomic mass is 79.9. The van der Waals surface area contributed by atoms with E-state index in [1.54, 1.807) is 0 Å². The molecule has 0 aliphatic carbocycles. The molecule has 1 aliphatic heterocycles. The Labute approximate surface area is 135 Å². The molecule has 21 heavy (non-hydrogen) atoms. The van der Waals surface area contributed by atoms with E-state index >= 15 is 0 Å². The third-order valence-electron chi connectivity index (χ3n) is 4.49. The molecule has 1 aliphatic rings. The molecule has 0 bridgehead atoms. The zero-order valence-electron chi connectivity index (χ0n) is 12.9. The standard InChI is InChI=1S/C16H25BrFN3/c1-3-21-8-4-5-13(21)11-20(2)16(10-19)12-6-7-15(18)14(17)9-12/h6-7,9,13,16H,3-5,8,10-11,19H2,1-2H3. The molecule has 1 aromatic carbocycles. The third-order valence-corrected chi connectivity index (χ3v) is 5.10. The van der Waals surface area contributed by atoms with E-state index in [0.717, 1.165) is 18.7 Å². The van der Waals surface area contributed by atoms with Gasteiger partial charge in [0.15, 0.2) is 0 Å². The molecule has 1 aromatic rings. The molecule has 0 amide bonds. The molecule has 118 valence electrons. The summed E-state index contributed by atoms with van der Waals surface area (Å²) in [6, 6.07) is 5.92. The van der Waals surface area contributed by atoms with Crippen LogP contribution in [-0.4, -0.2) is 49.1 Å². The van der Waals surface area contributed by atoms with Crippen molar-refractivity contribution in [1.29, 1.82) is 0 Å². The van der Waals surface area contributed by atoms with Gasteiger partial charge in [-0.05, 0) is 66.6 Å². The Balaban J connectivity index is 2.07. The number of benzene rings is 1. The van der Waals surface area contributed by atoms with Crippen LogP contribution >= 0.6 is 15.9 Å². The predicted molar refractivity (Wildman–Crippen MR) is 88.8 cm³/mol. The number of rotatable bonds is 6. The fraction of sp³-hybridized carbons (Fsp3) is 0.625. The Morgan fingerprint density at radius 1 is 1.52 bits per heavy atom. The largest absolute Gasteiger partial charge is 0.329 e. The van der Waals surface area contributed by atoms with Crippen molar-refractivity contribution in [3.63, 3.8) is 0 Å². The van der Waals surface area contributed by atoms with Gasteiger partial charge in [0.05, 0.1) is 4.47 Å². The highest BCUT2D eigenvalue weighted by Gasteiger charge is 2.26.